The molecule has 6 heteroatoms. The number of hydrogen-bond donors (Lipinski definition) is 2. The van der Waals surface area contributed by atoms with E-state index in [1.165, 1.54) is 0 Å². The molecule has 2 rings (SSSR count). The number of nitrogens with zero attached hydrogens (tertiary/aromatic N) is 3. The van der Waals surface area contributed by atoms with Gasteiger partial charge in [-0.25, -0.2) is 0 Å². The second-order valence-electron chi connectivity index (χ2n) is 3.95. The molecule has 0 saturated heterocycles. The van der Waals surface area contributed by atoms with Gasteiger partial charge in [0.1, 0.15) is 0 Å². The first-order chi connectivity index (χ1) is 8.69. The quantitative estimate of drug-likeness (QED) is 0.826. The Bertz CT molecular complexity index is 523. The van der Waals surface area contributed by atoms with Gasteiger partial charge in [0.15, 0.2) is 5.82 Å². The van der Waals surface area contributed by atoms with Crippen molar-refractivity contribution >= 4 is 11.5 Å². The number of nitrogens with two attached hydrogens (primary N) is 1. The molecule has 3 N–H and O–H groups in total. The number of methoxy groups -OCH3 is 1. The zero-order chi connectivity index (χ0) is 13.0. The van der Waals surface area contributed by atoms with Crippen LogP contribution in [-0.4, -0.2) is 28.4 Å². The van der Waals surface area contributed by atoms with Crippen molar-refractivity contribution in [1.29, 1.82) is 0 Å². The summed E-state index contributed by atoms with van der Waals surface area (Å²) >= 11 is 0. The molecule has 0 aromatic carbocycles. The van der Waals surface area contributed by atoms with Gasteiger partial charge in [0.05, 0.1) is 18.5 Å². The number of rotatable bonds is 5. The average molecular weight is 247 g/mol. The average Bonchev–Trinajstić information content (AvgIpc) is 2.77. The first-order valence-corrected chi connectivity index (χ1v) is 5.72. The maximum atomic E-state index is 5.83. The summed E-state index contributed by atoms with van der Waals surface area (Å²) in [4.78, 5) is 4.24. The number of aromatic nitrogens is 3. The smallest absolute Gasteiger partial charge is 0.215 e. The highest BCUT2D eigenvalue weighted by atomic mass is 16.5. The Hall–Kier alpha value is -2.24. The number of hydrogen-bond acceptors (Lipinski definition) is 5. The van der Waals surface area contributed by atoms with Crippen molar-refractivity contribution in [3.8, 4) is 5.88 Å². The zero-order valence-corrected chi connectivity index (χ0v) is 10.6. The van der Waals surface area contributed by atoms with Crippen LogP contribution < -0.4 is 15.8 Å². The van der Waals surface area contributed by atoms with Crippen molar-refractivity contribution in [3.05, 3.63) is 30.1 Å². The number of aryl methyl sites for hydroxylation is 1. The molecule has 2 aromatic heterocycles. The summed E-state index contributed by atoms with van der Waals surface area (Å²) < 4.78 is 6.84. The van der Waals surface area contributed by atoms with Gasteiger partial charge in [0.25, 0.3) is 0 Å². The third-order valence-electron chi connectivity index (χ3n) is 2.55. The SMILES string of the molecule is COc1ccc(N)c(NCCc2ccn(C)n2)n1. The van der Waals surface area contributed by atoms with Gasteiger partial charge in [-0.05, 0) is 12.1 Å². The van der Waals surface area contributed by atoms with E-state index in [4.69, 9.17) is 10.5 Å². The van der Waals surface area contributed by atoms with Crippen LogP contribution in [0.5, 0.6) is 5.88 Å². The Morgan fingerprint density at radius 1 is 1.39 bits per heavy atom. The molecule has 6 nitrogen and oxygen atoms in total. The molecule has 0 fully saturated rings. The molecule has 18 heavy (non-hydrogen) atoms. The maximum Gasteiger partial charge on any atom is 0.215 e. The number of nitrogen functional groups attached to an aromatic ring is 1. The Morgan fingerprint density at radius 2 is 2.22 bits per heavy atom. The first kappa shape index (κ1) is 12.2. The molecule has 0 amide bonds. The summed E-state index contributed by atoms with van der Waals surface area (Å²) in [6, 6.07) is 5.50. The van der Waals surface area contributed by atoms with E-state index in [1.54, 1.807) is 23.9 Å². The predicted octanol–water partition coefficient (Wildman–Crippen LogP) is 1.06. The summed E-state index contributed by atoms with van der Waals surface area (Å²) in [5, 5.41) is 7.48. The molecular weight excluding hydrogens is 230 g/mol. The Kier molecular flexibility index (Phi) is 3.66. The molecule has 0 unspecified atom stereocenters. The van der Waals surface area contributed by atoms with Crippen LogP contribution in [0.15, 0.2) is 24.4 Å². The Labute approximate surface area is 106 Å². The van der Waals surface area contributed by atoms with Gasteiger partial charge >= 0.3 is 0 Å². The van der Waals surface area contributed by atoms with E-state index in [-0.39, 0.29) is 0 Å². The third kappa shape index (κ3) is 2.91. The van der Waals surface area contributed by atoms with Gasteiger partial charge in [-0.1, -0.05) is 0 Å². The monoisotopic (exact) mass is 247 g/mol. The molecule has 0 atom stereocenters. The summed E-state index contributed by atoms with van der Waals surface area (Å²) in [5.74, 6) is 1.19. The number of pyridine rings is 1. The van der Waals surface area contributed by atoms with Crippen LogP contribution in [0.4, 0.5) is 11.5 Å². The molecule has 0 aliphatic rings. The van der Waals surface area contributed by atoms with Gasteiger partial charge in [-0.15, -0.1) is 0 Å². The van der Waals surface area contributed by atoms with E-state index in [1.807, 2.05) is 19.3 Å². The lowest BCUT2D eigenvalue weighted by molar-refractivity contribution is 0.398. The van der Waals surface area contributed by atoms with Crippen LogP contribution in [0.2, 0.25) is 0 Å². The van der Waals surface area contributed by atoms with E-state index in [2.05, 4.69) is 15.4 Å². The lowest BCUT2D eigenvalue weighted by Gasteiger charge is -2.08. The van der Waals surface area contributed by atoms with E-state index < -0.39 is 0 Å². The minimum atomic E-state index is 0.546. The molecule has 0 spiro atoms. The van der Waals surface area contributed by atoms with Crippen molar-refractivity contribution in [1.82, 2.24) is 14.8 Å². The minimum absolute atomic E-state index is 0.546. The van der Waals surface area contributed by atoms with Crippen molar-refractivity contribution < 1.29 is 4.74 Å². The molecule has 0 bridgehead atoms. The van der Waals surface area contributed by atoms with E-state index in [0.717, 1.165) is 18.7 Å². The van der Waals surface area contributed by atoms with Crippen LogP contribution in [0.25, 0.3) is 0 Å². The molecule has 2 aromatic rings. The van der Waals surface area contributed by atoms with E-state index in [0.29, 0.717) is 17.4 Å². The van der Waals surface area contributed by atoms with Gasteiger partial charge < -0.3 is 15.8 Å². The van der Waals surface area contributed by atoms with Gasteiger partial charge in [0.2, 0.25) is 5.88 Å². The highest BCUT2D eigenvalue weighted by molar-refractivity contribution is 5.61. The van der Waals surface area contributed by atoms with E-state index >= 15 is 0 Å². The van der Waals surface area contributed by atoms with Crippen LogP contribution in [0, 0.1) is 0 Å². The topological polar surface area (TPSA) is 78.0 Å². The second kappa shape index (κ2) is 5.39. The second-order valence-corrected chi connectivity index (χ2v) is 3.95. The third-order valence-corrected chi connectivity index (χ3v) is 2.55. The first-order valence-electron chi connectivity index (χ1n) is 5.72. The molecule has 0 aliphatic carbocycles. The standard InChI is InChI=1S/C12H17N5O/c1-17-8-6-9(16-17)5-7-14-12-10(13)3-4-11(15-12)18-2/h3-4,6,8H,5,7,13H2,1-2H3,(H,14,15). The molecule has 96 valence electrons. The fraction of sp³-hybridized carbons (Fsp3) is 0.333. The summed E-state index contributed by atoms with van der Waals surface area (Å²) in [5.41, 5.74) is 7.47. The number of nitrogens with one attached hydrogen (secondary N) is 1. The molecule has 0 saturated carbocycles. The summed E-state index contributed by atoms with van der Waals surface area (Å²) in [6.45, 7) is 0.724. The molecular formula is C12H17N5O. The van der Waals surface area contributed by atoms with Crippen molar-refractivity contribution in [3.63, 3.8) is 0 Å². The maximum absolute atomic E-state index is 5.83. The number of ether oxygens (including phenoxy) is 1. The Morgan fingerprint density at radius 3 is 2.89 bits per heavy atom. The van der Waals surface area contributed by atoms with Crippen molar-refractivity contribution in [2.75, 3.05) is 24.7 Å². The highest BCUT2D eigenvalue weighted by Gasteiger charge is 2.03. The van der Waals surface area contributed by atoms with Gasteiger partial charge in [-0.3, -0.25) is 4.68 Å². The zero-order valence-electron chi connectivity index (χ0n) is 10.6. The van der Waals surface area contributed by atoms with E-state index in [9.17, 15) is 0 Å². The summed E-state index contributed by atoms with van der Waals surface area (Å²) in [6.07, 6.45) is 2.74. The lowest BCUT2D eigenvalue weighted by Crippen LogP contribution is -2.09. The van der Waals surface area contributed by atoms with Crippen LogP contribution in [-0.2, 0) is 13.5 Å². The predicted molar refractivity (Wildman–Crippen MR) is 70.6 cm³/mol. The largest absolute Gasteiger partial charge is 0.481 e. The molecule has 0 aliphatic heterocycles. The molecule has 2 heterocycles. The highest BCUT2D eigenvalue weighted by Crippen LogP contribution is 2.19. The van der Waals surface area contributed by atoms with Crippen LogP contribution >= 0.6 is 0 Å². The van der Waals surface area contributed by atoms with Crippen LogP contribution in [0.3, 0.4) is 0 Å². The minimum Gasteiger partial charge on any atom is -0.481 e. The number of anilines is 2. The fourth-order valence-electron chi connectivity index (χ4n) is 1.61. The lowest BCUT2D eigenvalue weighted by atomic mass is 10.3. The van der Waals surface area contributed by atoms with Crippen molar-refractivity contribution in [2.24, 2.45) is 7.05 Å². The molecule has 0 radical (unpaired) electrons. The van der Waals surface area contributed by atoms with Gasteiger partial charge in [0, 0.05) is 32.3 Å². The fourth-order valence-corrected chi connectivity index (χ4v) is 1.61. The normalized spacial score (nSPS) is 10.3. The Balaban J connectivity index is 1.93. The van der Waals surface area contributed by atoms with Crippen LogP contribution in [0.1, 0.15) is 5.69 Å². The van der Waals surface area contributed by atoms with Crippen molar-refractivity contribution in [2.45, 2.75) is 6.42 Å². The summed E-state index contributed by atoms with van der Waals surface area (Å²) in [7, 11) is 3.48. The van der Waals surface area contributed by atoms with Gasteiger partial charge in [-0.2, -0.15) is 10.1 Å².